The van der Waals surface area contributed by atoms with Gasteiger partial charge in [0.1, 0.15) is 0 Å². The highest BCUT2D eigenvalue weighted by molar-refractivity contribution is 5.81. The van der Waals surface area contributed by atoms with Gasteiger partial charge in [-0.05, 0) is 19.8 Å². The van der Waals surface area contributed by atoms with Gasteiger partial charge in [-0.1, -0.05) is 26.2 Å². The number of hydrogen-bond acceptors (Lipinski definition) is 2. The van der Waals surface area contributed by atoms with Gasteiger partial charge in [-0.25, -0.2) is 0 Å². The molecule has 10 heavy (non-hydrogen) atoms. The van der Waals surface area contributed by atoms with E-state index in [1.54, 1.807) is 0 Å². The molecule has 0 atom stereocenters. The van der Waals surface area contributed by atoms with Crippen LogP contribution in [0.2, 0.25) is 0 Å². The Morgan fingerprint density at radius 2 is 2.00 bits per heavy atom. The van der Waals surface area contributed by atoms with Gasteiger partial charge in [0.25, 0.3) is 0 Å². The largest absolute Gasteiger partial charge is 0.323 e. The van der Waals surface area contributed by atoms with Gasteiger partial charge >= 0.3 is 0 Å². The van der Waals surface area contributed by atoms with E-state index in [9.17, 15) is 0 Å². The predicted octanol–water partition coefficient (Wildman–Crippen LogP) is 2.29. The van der Waals surface area contributed by atoms with Crippen molar-refractivity contribution in [1.82, 2.24) is 0 Å². The summed E-state index contributed by atoms with van der Waals surface area (Å²) in [7, 11) is 0. The van der Waals surface area contributed by atoms with Gasteiger partial charge in [-0.3, -0.25) is 0 Å². The zero-order valence-electron chi connectivity index (χ0n) is 7.06. The highest BCUT2D eigenvalue weighted by atomic mass is 15.1. The molecular weight excluding hydrogens is 124 g/mol. The van der Waals surface area contributed by atoms with Crippen molar-refractivity contribution in [2.75, 3.05) is 0 Å². The van der Waals surface area contributed by atoms with E-state index >= 15 is 0 Å². The van der Waals surface area contributed by atoms with Crippen molar-refractivity contribution < 1.29 is 0 Å². The van der Waals surface area contributed by atoms with Crippen LogP contribution in [-0.4, -0.2) is 5.71 Å². The third-order valence-electron chi connectivity index (χ3n) is 1.61. The molecule has 0 saturated carbocycles. The van der Waals surface area contributed by atoms with Crippen molar-refractivity contribution in [2.45, 2.75) is 46.0 Å². The molecule has 0 aromatic heterocycles. The van der Waals surface area contributed by atoms with Crippen LogP contribution in [0.1, 0.15) is 46.0 Å². The third kappa shape index (κ3) is 5.60. The first-order valence-corrected chi connectivity index (χ1v) is 4.04. The lowest BCUT2D eigenvalue weighted by Gasteiger charge is -1.97. The van der Waals surface area contributed by atoms with Crippen molar-refractivity contribution in [3.63, 3.8) is 0 Å². The van der Waals surface area contributed by atoms with Gasteiger partial charge < -0.3 is 5.84 Å². The van der Waals surface area contributed by atoms with Crippen LogP contribution in [0.5, 0.6) is 0 Å². The molecule has 60 valence electrons. The Labute approximate surface area is 63.5 Å². The summed E-state index contributed by atoms with van der Waals surface area (Å²) in [4.78, 5) is 0. The molecule has 0 aromatic rings. The molecule has 0 spiro atoms. The van der Waals surface area contributed by atoms with Crippen LogP contribution in [0.3, 0.4) is 0 Å². The van der Waals surface area contributed by atoms with Gasteiger partial charge in [0.2, 0.25) is 0 Å². The number of nitrogens with two attached hydrogens (primary N) is 1. The minimum atomic E-state index is 1.07. The van der Waals surface area contributed by atoms with E-state index in [0.29, 0.717) is 0 Å². The second-order valence-corrected chi connectivity index (χ2v) is 2.68. The molecule has 2 nitrogen and oxygen atoms in total. The van der Waals surface area contributed by atoms with Gasteiger partial charge in [0, 0.05) is 5.71 Å². The van der Waals surface area contributed by atoms with E-state index < -0.39 is 0 Å². The maximum Gasteiger partial charge on any atom is 0.0345 e. The van der Waals surface area contributed by atoms with Crippen LogP contribution >= 0.6 is 0 Å². The van der Waals surface area contributed by atoms with Crippen LogP contribution in [-0.2, 0) is 0 Å². The third-order valence-corrected chi connectivity index (χ3v) is 1.61. The Bertz CT molecular complexity index is 97.4. The Kier molecular flexibility index (Phi) is 6.24. The van der Waals surface area contributed by atoms with Crippen molar-refractivity contribution >= 4 is 5.71 Å². The highest BCUT2D eigenvalue weighted by Gasteiger charge is 1.90. The zero-order chi connectivity index (χ0) is 7.82. The maximum atomic E-state index is 5.07. The lowest BCUT2D eigenvalue weighted by Crippen LogP contribution is -1.95. The minimum absolute atomic E-state index is 1.07. The van der Waals surface area contributed by atoms with E-state index in [0.717, 1.165) is 12.1 Å². The summed E-state index contributed by atoms with van der Waals surface area (Å²) in [6.45, 7) is 4.19. The summed E-state index contributed by atoms with van der Waals surface area (Å²) in [6.07, 6.45) is 6.23. The average Bonchev–Trinajstić information content (AvgIpc) is 1.98. The lowest BCUT2D eigenvalue weighted by atomic mass is 10.1. The zero-order valence-corrected chi connectivity index (χ0v) is 7.06. The second kappa shape index (κ2) is 6.59. The van der Waals surface area contributed by atoms with Crippen LogP contribution in [0, 0.1) is 0 Å². The lowest BCUT2D eigenvalue weighted by molar-refractivity contribution is 0.682. The Morgan fingerprint density at radius 3 is 2.50 bits per heavy atom. The van der Waals surface area contributed by atoms with Gasteiger partial charge in [0.05, 0.1) is 0 Å². The fourth-order valence-electron chi connectivity index (χ4n) is 0.872. The summed E-state index contributed by atoms with van der Waals surface area (Å²) in [5, 5.41) is 3.60. The van der Waals surface area contributed by atoms with Gasteiger partial charge in [-0.2, -0.15) is 5.10 Å². The van der Waals surface area contributed by atoms with Crippen molar-refractivity contribution in [1.29, 1.82) is 0 Å². The Morgan fingerprint density at radius 1 is 1.30 bits per heavy atom. The molecule has 0 heterocycles. The fraction of sp³-hybridized carbons (Fsp3) is 0.875. The molecule has 0 rings (SSSR count). The second-order valence-electron chi connectivity index (χ2n) is 2.68. The number of unbranched alkanes of at least 4 members (excludes halogenated alkanes) is 3. The summed E-state index contributed by atoms with van der Waals surface area (Å²) in [5.41, 5.74) is 1.07. The van der Waals surface area contributed by atoms with Crippen molar-refractivity contribution in [3.05, 3.63) is 0 Å². The molecule has 0 amide bonds. The summed E-state index contributed by atoms with van der Waals surface area (Å²) in [6, 6.07) is 0. The fourth-order valence-corrected chi connectivity index (χ4v) is 0.872. The molecule has 0 aromatic carbocycles. The predicted molar refractivity (Wildman–Crippen MR) is 46.1 cm³/mol. The van der Waals surface area contributed by atoms with E-state index in [1.165, 1.54) is 25.7 Å². The van der Waals surface area contributed by atoms with Crippen LogP contribution in [0.25, 0.3) is 0 Å². The van der Waals surface area contributed by atoms with Crippen molar-refractivity contribution in [3.8, 4) is 0 Å². The number of nitrogens with zero attached hydrogens (tertiary/aromatic N) is 1. The van der Waals surface area contributed by atoms with Crippen LogP contribution < -0.4 is 5.84 Å². The normalized spacial score (nSPS) is 12.0. The molecule has 0 bridgehead atoms. The molecule has 0 fully saturated rings. The van der Waals surface area contributed by atoms with E-state index in [-0.39, 0.29) is 0 Å². The van der Waals surface area contributed by atoms with Crippen molar-refractivity contribution in [2.24, 2.45) is 10.9 Å². The smallest absolute Gasteiger partial charge is 0.0345 e. The SMILES string of the molecule is CCCCCC/C(C)=N\N. The highest BCUT2D eigenvalue weighted by Crippen LogP contribution is 2.02. The van der Waals surface area contributed by atoms with E-state index in [4.69, 9.17) is 5.84 Å². The quantitative estimate of drug-likeness (QED) is 0.272. The van der Waals surface area contributed by atoms with E-state index in [2.05, 4.69) is 12.0 Å². The topological polar surface area (TPSA) is 38.4 Å². The number of hydrazone groups is 1. The molecule has 0 unspecified atom stereocenters. The summed E-state index contributed by atoms with van der Waals surface area (Å²) < 4.78 is 0. The molecule has 0 radical (unpaired) electrons. The molecule has 0 aliphatic heterocycles. The molecular formula is C8H18N2. The minimum Gasteiger partial charge on any atom is -0.323 e. The van der Waals surface area contributed by atoms with E-state index in [1.807, 2.05) is 6.92 Å². The molecule has 0 aliphatic rings. The first-order valence-electron chi connectivity index (χ1n) is 4.04. The molecule has 0 aliphatic carbocycles. The summed E-state index contributed by atoms with van der Waals surface area (Å²) >= 11 is 0. The molecule has 0 saturated heterocycles. The summed E-state index contributed by atoms with van der Waals surface area (Å²) in [5.74, 6) is 5.07. The van der Waals surface area contributed by atoms with Gasteiger partial charge in [-0.15, -0.1) is 0 Å². The average molecular weight is 142 g/mol. The van der Waals surface area contributed by atoms with Gasteiger partial charge in [0.15, 0.2) is 0 Å². The standard InChI is InChI=1S/C8H18N2/c1-3-4-5-6-7-8(2)10-9/h3-7,9H2,1-2H3/b10-8-. The molecule has 2 N–H and O–H groups in total. The van der Waals surface area contributed by atoms with Crippen LogP contribution in [0.15, 0.2) is 5.10 Å². The maximum absolute atomic E-state index is 5.07. The first kappa shape index (κ1) is 9.47. The first-order chi connectivity index (χ1) is 4.81. The van der Waals surface area contributed by atoms with Crippen LogP contribution in [0.4, 0.5) is 0 Å². The Hall–Kier alpha value is -0.530. The number of rotatable bonds is 5. The Balaban J connectivity index is 3.04. The molecule has 2 heteroatoms. The monoisotopic (exact) mass is 142 g/mol. The number of hydrogen-bond donors (Lipinski definition) is 1.